The topological polar surface area (TPSA) is 97.0 Å². The first kappa shape index (κ1) is 27.7. The lowest BCUT2D eigenvalue weighted by Crippen LogP contribution is -2.51. The van der Waals surface area contributed by atoms with E-state index in [1.54, 1.807) is 47.8 Å². The Hall–Kier alpha value is -3.85. The van der Waals surface area contributed by atoms with Crippen LogP contribution in [-0.4, -0.2) is 44.0 Å². The normalized spacial score (nSPS) is 11.8. The second-order valence-electron chi connectivity index (χ2n) is 9.52. The second kappa shape index (κ2) is 11.9. The zero-order valence-corrected chi connectivity index (χ0v) is 22.8. The summed E-state index contributed by atoms with van der Waals surface area (Å²) in [5.74, 6) is -0.252. The number of amides is 3. The number of nitrogens with one attached hydrogen (secondary N) is 2. The highest BCUT2D eigenvalue weighted by Gasteiger charge is 2.35. The van der Waals surface area contributed by atoms with E-state index in [1.807, 2.05) is 39.8 Å². The molecule has 2 aromatic carbocycles. The Bertz CT molecular complexity index is 1230. The Balaban J connectivity index is 2.08. The van der Waals surface area contributed by atoms with E-state index in [4.69, 9.17) is 9.47 Å². The molecule has 0 aliphatic heterocycles. The zero-order valence-electron chi connectivity index (χ0n) is 22.0. The van der Waals surface area contributed by atoms with Crippen molar-refractivity contribution in [3.05, 3.63) is 76.0 Å². The van der Waals surface area contributed by atoms with E-state index in [9.17, 15) is 14.4 Å². The minimum atomic E-state index is -1.05. The lowest BCUT2D eigenvalue weighted by Gasteiger charge is -2.34. The lowest BCUT2D eigenvalue weighted by atomic mass is 10.00. The molecule has 9 heteroatoms. The largest absolute Gasteiger partial charge is 0.493 e. The van der Waals surface area contributed by atoms with E-state index in [0.29, 0.717) is 27.6 Å². The van der Waals surface area contributed by atoms with E-state index in [-0.39, 0.29) is 18.4 Å². The number of thiophene rings is 1. The van der Waals surface area contributed by atoms with Crippen LogP contribution in [0.4, 0.5) is 5.69 Å². The van der Waals surface area contributed by atoms with Crippen molar-refractivity contribution in [3.63, 3.8) is 0 Å². The van der Waals surface area contributed by atoms with Crippen molar-refractivity contribution < 1.29 is 23.9 Å². The third-order valence-electron chi connectivity index (χ3n) is 5.45. The van der Waals surface area contributed by atoms with Crippen LogP contribution < -0.4 is 25.0 Å². The first-order valence-electron chi connectivity index (χ1n) is 11.8. The molecule has 3 aromatic rings. The van der Waals surface area contributed by atoms with Gasteiger partial charge in [0.1, 0.15) is 6.04 Å². The predicted molar refractivity (Wildman–Crippen MR) is 145 cm³/mol. The molecule has 8 nitrogen and oxygen atoms in total. The molecule has 2 N–H and O–H groups in total. The van der Waals surface area contributed by atoms with Gasteiger partial charge in [0.15, 0.2) is 11.5 Å². The molecule has 0 aliphatic rings. The summed E-state index contributed by atoms with van der Waals surface area (Å²) in [5.41, 5.74) is 1.49. The van der Waals surface area contributed by atoms with Crippen LogP contribution in [0, 0.1) is 6.92 Å². The molecule has 0 spiro atoms. The Labute approximate surface area is 221 Å². The number of nitrogens with zero attached hydrogens (tertiary/aromatic N) is 1. The maximum Gasteiger partial charge on any atom is 0.261 e. The summed E-state index contributed by atoms with van der Waals surface area (Å²) in [7, 11) is 3.04. The van der Waals surface area contributed by atoms with E-state index in [1.165, 1.54) is 30.5 Å². The minimum Gasteiger partial charge on any atom is -0.493 e. The molecule has 37 heavy (non-hydrogen) atoms. The van der Waals surface area contributed by atoms with Gasteiger partial charge in [-0.15, -0.1) is 11.3 Å². The van der Waals surface area contributed by atoms with Crippen LogP contribution in [0.3, 0.4) is 0 Å². The molecule has 0 saturated heterocycles. The molecule has 196 valence electrons. The van der Waals surface area contributed by atoms with Gasteiger partial charge in [-0.3, -0.25) is 19.3 Å². The van der Waals surface area contributed by atoms with Crippen LogP contribution in [0.15, 0.2) is 60.0 Å². The van der Waals surface area contributed by atoms with Gasteiger partial charge in [-0.25, -0.2) is 0 Å². The Morgan fingerprint density at radius 2 is 1.65 bits per heavy atom. The first-order chi connectivity index (χ1) is 17.5. The van der Waals surface area contributed by atoms with Crippen LogP contribution >= 0.6 is 11.3 Å². The van der Waals surface area contributed by atoms with Gasteiger partial charge in [0, 0.05) is 11.2 Å². The third-order valence-corrected chi connectivity index (χ3v) is 6.32. The molecule has 1 heterocycles. The molecule has 0 bridgehead atoms. The summed E-state index contributed by atoms with van der Waals surface area (Å²) < 4.78 is 10.8. The molecule has 3 rings (SSSR count). The highest BCUT2D eigenvalue weighted by molar-refractivity contribution is 7.12. The van der Waals surface area contributed by atoms with Crippen LogP contribution in [0.25, 0.3) is 0 Å². The number of hydrogen-bond donors (Lipinski definition) is 2. The summed E-state index contributed by atoms with van der Waals surface area (Å²) in [6, 6.07) is 14.8. The fourth-order valence-corrected chi connectivity index (χ4v) is 4.40. The summed E-state index contributed by atoms with van der Waals surface area (Å²) >= 11 is 1.28. The number of rotatable bonds is 9. The van der Waals surface area contributed by atoms with Crippen LogP contribution in [-0.2, 0) is 9.59 Å². The van der Waals surface area contributed by atoms with Gasteiger partial charge in [-0.1, -0.05) is 29.8 Å². The Morgan fingerprint density at radius 1 is 0.973 bits per heavy atom. The van der Waals surface area contributed by atoms with Gasteiger partial charge in [-0.05, 0) is 69.0 Å². The number of hydrogen-bond acceptors (Lipinski definition) is 6. The van der Waals surface area contributed by atoms with Crippen molar-refractivity contribution in [2.24, 2.45) is 0 Å². The Morgan fingerprint density at radius 3 is 2.22 bits per heavy atom. The molecule has 3 amide bonds. The van der Waals surface area contributed by atoms with Gasteiger partial charge in [0.05, 0.1) is 25.6 Å². The van der Waals surface area contributed by atoms with Gasteiger partial charge in [-0.2, -0.15) is 0 Å². The molecule has 0 aliphatic carbocycles. The van der Waals surface area contributed by atoms with Crippen LogP contribution in [0.5, 0.6) is 11.5 Å². The SMILES string of the molecule is COc1ccc([C@@H](C(=O)NC(C)(C)C)N(C(=O)CNC(=O)c2cccs2)c2ccc(C)cc2)cc1OC. The van der Waals surface area contributed by atoms with E-state index < -0.39 is 17.5 Å². The maximum atomic E-state index is 13.8. The van der Waals surface area contributed by atoms with Crippen molar-refractivity contribution in [2.45, 2.75) is 39.3 Å². The number of anilines is 1. The zero-order chi connectivity index (χ0) is 27.2. The fraction of sp³-hybridized carbons (Fsp3) is 0.321. The van der Waals surface area contributed by atoms with Gasteiger partial charge >= 0.3 is 0 Å². The number of aryl methyl sites for hydroxylation is 1. The highest BCUT2D eigenvalue weighted by atomic mass is 32.1. The molecule has 1 aromatic heterocycles. The molecule has 0 fully saturated rings. The minimum absolute atomic E-state index is 0.294. The second-order valence-corrected chi connectivity index (χ2v) is 10.5. The monoisotopic (exact) mass is 523 g/mol. The molecule has 1 atom stereocenters. The number of carbonyl (C=O) groups excluding carboxylic acids is 3. The highest BCUT2D eigenvalue weighted by Crippen LogP contribution is 2.35. The summed E-state index contributed by atoms with van der Waals surface area (Å²) in [5, 5.41) is 7.47. The smallest absolute Gasteiger partial charge is 0.261 e. The average molecular weight is 524 g/mol. The molecular formula is C28H33N3O5S. The maximum absolute atomic E-state index is 13.8. The van der Waals surface area contributed by atoms with Crippen molar-refractivity contribution in [3.8, 4) is 11.5 Å². The number of methoxy groups -OCH3 is 2. The average Bonchev–Trinajstić information content (AvgIpc) is 3.40. The van der Waals surface area contributed by atoms with Crippen LogP contribution in [0.1, 0.15) is 47.6 Å². The van der Waals surface area contributed by atoms with Gasteiger partial charge in [0.2, 0.25) is 11.8 Å². The van der Waals surface area contributed by atoms with Crippen molar-refractivity contribution in [1.29, 1.82) is 0 Å². The number of benzene rings is 2. The van der Waals surface area contributed by atoms with E-state index in [0.717, 1.165) is 5.56 Å². The number of ether oxygens (including phenoxy) is 2. The van der Waals surface area contributed by atoms with Crippen molar-refractivity contribution in [2.75, 3.05) is 25.7 Å². The molecular weight excluding hydrogens is 490 g/mol. The van der Waals surface area contributed by atoms with Gasteiger partial charge < -0.3 is 20.1 Å². The van der Waals surface area contributed by atoms with E-state index >= 15 is 0 Å². The van der Waals surface area contributed by atoms with Gasteiger partial charge in [0.25, 0.3) is 5.91 Å². The molecule has 0 unspecified atom stereocenters. The fourth-order valence-electron chi connectivity index (χ4n) is 3.76. The molecule has 0 radical (unpaired) electrons. The quantitative estimate of drug-likeness (QED) is 0.431. The van der Waals surface area contributed by atoms with Crippen molar-refractivity contribution >= 4 is 34.7 Å². The predicted octanol–water partition coefficient (Wildman–Crippen LogP) is 4.49. The summed E-state index contributed by atoms with van der Waals surface area (Å²) in [6.45, 7) is 7.26. The van der Waals surface area contributed by atoms with E-state index in [2.05, 4.69) is 10.6 Å². The van der Waals surface area contributed by atoms with Crippen molar-refractivity contribution in [1.82, 2.24) is 10.6 Å². The van der Waals surface area contributed by atoms with Crippen LogP contribution in [0.2, 0.25) is 0 Å². The lowest BCUT2D eigenvalue weighted by molar-refractivity contribution is -0.127. The number of carbonyl (C=O) groups is 3. The standard InChI is InChI=1S/C28H33N3O5S/c1-18-9-12-20(13-10-18)31(24(32)17-29-26(33)23-8-7-15-37-23)25(27(34)30-28(2,3)4)19-11-14-21(35-5)22(16-19)36-6/h7-16,25H,17H2,1-6H3,(H,29,33)(H,30,34)/t25-/m0/s1. The summed E-state index contributed by atoms with van der Waals surface area (Å²) in [6.07, 6.45) is 0. The Kier molecular flexibility index (Phi) is 8.94. The summed E-state index contributed by atoms with van der Waals surface area (Å²) in [4.78, 5) is 42.0. The molecule has 0 saturated carbocycles. The first-order valence-corrected chi connectivity index (χ1v) is 12.7. The third kappa shape index (κ3) is 7.10.